The molecule has 3 aromatic heterocycles. The fraction of sp³-hybridized carbons (Fsp3) is 0.327. The number of thiazole rings is 1. The van der Waals surface area contributed by atoms with Crippen LogP contribution < -0.4 is 20.7 Å². The normalized spacial score (nSPS) is 15.4. The molecule has 1 unspecified atom stereocenters. The number of β-amino-alcohol motifs (C(OH)–C–C–N with tert-alkyl or cyclic N) is 1. The summed E-state index contributed by atoms with van der Waals surface area (Å²) in [6, 6.07) is 15.6. The molecule has 6 N–H and O–H groups in total. The van der Waals surface area contributed by atoms with Crippen LogP contribution in [0.15, 0.2) is 84.6 Å². The third-order valence-corrected chi connectivity index (χ3v) is 14.1. The average Bonchev–Trinajstić information content (AvgIpc) is 4.05. The van der Waals surface area contributed by atoms with Gasteiger partial charge in [-0.2, -0.15) is 0 Å². The summed E-state index contributed by atoms with van der Waals surface area (Å²) in [6.45, 7) is 8.98. The second kappa shape index (κ2) is 20.8. The van der Waals surface area contributed by atoms with Gasteiger partial charge in [-0.05, 0) is 65.8 Å². The fourth-order valence-corrected chi connectivity index (χ4v) is 9.96. The van der Waals surface area contributed by atoms with Crippen LogP contribution in [-0.4, -0.2) is 93.3 Å². The lowest BCUT2D eigenvalue weighted by molar-refractivity contribution is -0.144. The molecule has 0 bridgehead atoms. The van der Waals surface area contributed by atoms with Gasteiger partial charge in [0, 0.05) is 66.9 Å². The van der Waals surface area contributed by atoms with Gasteiger partial charge in [0.15, 0.2) is 5.82 Å². The number of ketones is 1. The molecule has 1 saturated heterocycles. The molecular formula is C49H52F2N8O8S2. The van der Waals surface area contributed by atoms with Gasteiger partial charge >= 0.3 is 0 Å². The van der Waals surface area contributed by atoms with Crippen molar-refractivity contribution in [2.24, 2.45) is 5.41 Å². The Morgan fingerprint density at radius 2 is 1.64 bits per heavy atom. The number of halogens is 2. The van der Waals surface area contributed by atoms with Gasteiger partial charge in [0.1, 0.15) is 23.5 Å². The van der Waals surface area contributed by atoms with E-state index in [4.69, 9.17) is 0 Å². The van der Waals surface area contributed by atoms with Crippen molar-refractivity contribution in [1.82, 2.24) is 30.5 Å². The van der Waals surface area contributed by atoms with E-state index in [-0.39, 0.29) is 61.1 Å². The van der Waals surface area contributed by atoms with E-state index in [9.17, 15) is 41.9 Å². The molecule has 4 amide bonds. The van der Waals surface area contributed by atoms with Crippen molar-refractivity contribution >= 4 is 73.2 Å². The number of aryl methyl sites for hydroxylation is 1. The molecule has 0 saturated carbocycles. The summed E-state index contributed by atoms with van der Waals surface area (Å²) in [5.74, 6) is -5.87. The molecule has 6 aromatic rings. The highest BCUT2D eigenvalue weighted by molar-refractivity contribution is 7.92. The number of sulfonamides is 1. The summed E-state index contributed by atoms with van der Waals surface area (Å²) >= 11 is 1.54. The predicted molar refractivity (Wildman–Crippen MR) is 259 cm³/mol. The third kappa shape index (κ3) is 11.7. The van der Waals surface area contributed by atoms with Crippen LogP contribution in [0.4, 0.5) is 20.2 Å². The lowest BCUT2D eigenvalue weighted by Crippen LogP contribution is -2.57. The first-order valence-electron chi connectivity index (χ1n) is 22.2. The van der Waals surface area contributed by atoms with E-state index < -0.39 is 85.9 Å². The summed E-state index contributed by atoms with van der Waals surface area (Å²) in [4.78, 5) is 81.3. The number of H-pyrrole nitrogens is 1. The van der Waals surface area contributed by atoms with E-state index in [1.165, 1.54) is 17.3 Å². The van der Waals surface area contributed by atoms with E-state index >= 15 is 4.39 Å². The van der Waals surface area contributed by atoms with Gasteiger partial charge in [-0.1, -0.05) is 64.1 Å². The maximum absolute atomic E-state index is 15.5. The van der Waals surface area contributed by atoms with Gasteiger partial charge < -0.3 is 30.9 Å². The van der Waals surface area contributed by atoms with Gasteiger partial charge in [0.05, 0.1) is 39.2 Å². The first-order valence-corrected chi connectivity index (χ1v) is 24.7. The first kappa shape index (κ1) is 50.0. The number of carbonyl (C=O) groups excluding carboxylic acids is 5. The third-order valence-electron chi connectivity index (χ3n) is 11.6. The van der Waals surface area contributed by atoms with E-state index in [1.54, 1.807) is 74.9 Å². The number of pyridine rings is 1. The fourth-order valence-electron chi connectivity index (χ4n) is 8.02. The van der Waals surface area contributed by atoms with Gasteiger partial charge in [-0.25, -0.2) is 27.2 Å². The number of aromatic amines is 1. The highest BCUT2D eigenvalue weighted by Gasteiger charge is 2.44. The number of aliphatic hydroxyl groups is 1. The van der Waals surface area contributed by atoms with E-state index in [0.717, 1.165) is 33.8 Å². The second-order valence-electron chi connectivity index (χ2n) is 17.9. The van der Waals surface area contributed by atoms with Crippen LogP contribution in [0.3, 0.4) is 0 Å². The molecule has 20 heteroatoms. The van der Waals surface area contributed by atoms with Crippen molar-refractivity contribution in [2.75, 3.05) is 22.3 Å². The SMILES string of the molecule is CCCS(=O)(=O)Nc1ccc(F)c(C(=O)c2c[nH]c3ncc(-c4ccc(NC(=O)CCC(=O)NC(C(=O)N5C[C@H](O)C[C@H]5C(=O)NCc5ccc(-c6scnc6C)cc5)C(C)(C)C)cc4)cc23)c1F. The molecular weight excluding hydrogens is 931 g/mol. The molecule has 0 aliphatic carbocycles. The maximum Gasteiger partial charge on any atom is 0.246 e. The molecule has 0 spiro atoms. The molecule has 7 rings (SSSR count). The van der Waals surface area contributed by atoms with E-state index in [0.29, 0.717) is 16.8 Å². The predicted octanol–water partition coefficient (Wildman–Crippen LogP) is 6.85. The number of aromatic nitrogens is 3. The maximum atomic E-state index is 15.5. The Balaban J connectivity index is 0.941. The number of nitrogens with one attached hydrogen (secondary N) is 5. The van der Waals surface area contributed by atoms with Crippen LogP contribution in [0.2, 0.25) is 0 Å². The zero-order valence-electron chi connectivity index (χ0n) is 38.5. The van der Waals surface area contributed by atoms with Gasteiger partial charge in [-0.3, -0.25) is 28.7 Å². The minimum atomic E-state index is -3.94. The van der Waals surface area contributed by atoms with Crippen LogP contribution in [0.5, 0.6) is 0 Å². The monoisotopic (exact) mass is 982 g/mol. The minimum absolute atomic E-state index is 0.0320. The quantitative estimate of drug-likeness (QED) is 0.0521. The Kier molecular flexibility index (Phi) is 15.0. The highest BCUT2D eigenvalue weighted by Crippen LogP contribution is 2.32. The van der Waals surface area contributed by atoms with Crippen molar-refractivity contribution < 1.29 is 46.3 Å². The molecule has 3 aromatic carbocycles. The molecule has 3 atom stereocenters. The molecule has 1 aliphatic rings. The minimum Gasteiger partial charge on any atom is -0.391 e. The average molecular weight is 983 g/mol. The smallest absolute Gasteiger partial charge is 0.246 e. The number of nitrogens with zero attached hydrogens (tertiary/aromatic N) is 3. The number of likely N-dealkylation sites (tertiary alicyclic amines) is 1. The number of rotatable bonds is 17. The first-order chi connectivity index (χ1) is 32.7. The summed E-state index contributed by atoms with van der Waals surface area (Å²) in [7, 11) is -3.94. The summed E-state index contributed by atoms with van der Waals surface area (Å²) in [5.41, 5.74) is 3.98. The molecule has 16 nitrogen and oxygen atoms in total. The van der Waals surface area contributed by atoms with Gasteiger partial charge in [0.25, 0.3) is 0 Å². The van der Waals surface area contributed by atoms with Crippen LogP contribution in [0, 0.1) is 24.0 Å². The number of fused-ring (bicyclic) bond motifs is 1. The Morgan fingerprint density at radius 3 is 2.30 bits per heavy atom. The number of benzene rings is 3. The summed E-state index contributed by atoms with van der Waals surface area (Å²) < 4.78 is 57.2. The number of aliphatic hydroxyl groups excluding tert-OH is 1. The largest absolute Gasteiger partial charge is 0.391 e. The second-order valence-corrected chi connectivity index (χ2v) is 20.6. The molecule has 1 fully saturated rings. The topological polar surface area (TPSA) is 233 Å². The lowest BCUT2D eigenvalue weighted by atomic mass is 9.85. The van der Waals surface area contributed by atoms with Gasteiger partial charge in [0.2, 0.25) is 39.4 Å². The standard InChI is InChI=1S/C49H52F2N8O8S2/c1-6-19-69(66,67)58-37-16-15-36(50)41(42(37)51)43(63)35-24-53-46-34(35)20-31(23-52-46)29-11-13-32(14-12-29)56-39(61)17-18-40(62)57-45(49(3,4)5)48(65)59-25-33(60)21-38(59)47(64)54-22-28-7-9-30(10-8-28)44-27(2)55-26-68-44/h7-16,20,23-24,26,33,38,45,58,60H,6,17-19,21-22,25H2,1-5H3,(H,52,53)(H,54,64)(H,56,61)(H,57,62)/t33-,38+,45?/m1/s1. The number of hydrogen-bond donors (Lipinski definition) is 6. The van der Waals surface area contributed by atoms with E-state index in [2.05, 4.69) is 35.6 Å². The zero-order chi connectivity index (χ0) is 49.8. The molecule has 69 heavy (non-hydrogen) atoms. The summed E-state index contributed by atoms with van der Waals surface area (Å²) in [5, 5.41) is 19.2. The van der Waals surface area contributed by atoms with E-state index in [1.807, 2.05) is 31.2 Å². The zero-order valence-corrected chi connectivity index (χ0v) is 40.1. The summed E-state index contributed by atoms with van der Waals surface area (Å²) in [6.07, 6.45) is 1.65. The van der Waals surface area contributed by atoms with Crippen LogP contribution >= 0.6 is 11.3 Å². The number of carbonyl (C=O) groups is 5. The van der Waals surface area contributed by atoms with Crippen LogP contribution in [0.25, 0.3) is 32.6 Å². The molecule has 0 radical (unpaired) electrons. The molecule has 1 aliphatic heterocycles. The number of amides is 4. The van der Waals surface area contributed by atoms with Crippen molar-refractivity contribution in [2.45, 2.75) is 85.0 Å². The van der Waals surface area contributed by atoms with Crippen molar-refractivity contribution in [1.29, 1.82) is 0 Å². The molecule has 4 heterocycles. The van der Waals surface area contributed by atoms with Crippen LogP contribution in [-0.2, 0) is 35.7 Å². The number of anilines is 2. The Morgan fingerprint density at radius 1 is 0.942 bits per heavy atom. The molecule has 362 valence electrons. The lowest BCUT2D eigenvalue weighted by Gasteiger charge is -2.35. The Bertz CT molecular complexity index is 3030. The number of hydrogen-bond acceptors (Lipinski definition) is 11. The Hall–Kier alpha value is -6.90. The van der Waals surface area contributed by atoms with Crippen molar-refractivity contribution in [3.05, 3.63) is 119 Å². The van der Waals surface area contributed by atoms with Crippen LogP contribution in [0.1, 0.15) is 80.6 Å². The van der Waals surface area contributed by atoms with Crippen molar-refractivity contribution in [3.8, 4) is 21.6 Å². The Labute approximate surface area is 401 Å². The van der Waals surface area contributed by atoms with Crippen molar-refractivity contribution in [3.63, 3.8) is 0 Å². The highest BCUT2D eigenvalue weighted by atomic mass is 32.2. The van der Waals surface area contributed by atoms with Gasteiger partial charge in [-0.15, -0.1) is 11.3 Å².